The van der Waals surface area contributed by atoms with Crippen LogP contribution in [0.15, 0.2) is 12.1 Å². The molecule has 6 heteroatoms. The van der Waals surface area contributed by atoms with Crippen LogP contribution >= 0.6 is 11.6 Å². The van der Waals surface area contributed by atoms with Crippen molar-refractivity contribution in [2.75, 3.05) is 26.3 Å². The largest absolute Gasteiger partial charge is 0.489 e. The second kappa shape index (κ2) is 8.58. The standard InChI is InChI=1S/C18H25ClN2O3/c19-15-10-14(11-16-18(15)24-9-1-8-23-16)12-21-17(22)3-2-13-4-6-20-7-5-13/h10-11,13,20H,1-9,12H2,(H,21,22). The number of amides is 1. The van der Waals surface area contributed by atoms with Gasteiger partial charge in [-0.1, -0.05) is 11.6 Å². The molecule has 0 aliphatic carbocycles. The van der Waals surface area contributed by atoms with Crippen molar-refractivity contribution in [3.05, 3.63) is 22.7 Å². The SMILES string of the molecule is O=C(CCC1CCNCC1)NCc1cc(Cl)c2c(c1)OCCCO2. The zero-order valence-electron chi connectivity index (χ0n) is 13.9. The molecule has 2 aliphatic heterocycles. The number of ether oxygens (including phenoxy) is 2. The molecule has 0 bridgehead atoms. The van der Waals surface area contributed by atoms with Gasteiger partial charge in [-0.15, -0.1) is 0 Å². The molecule has 0 radical (unpaired) electrons. The van der Waals surface area contributed by atoms with E-state index < -0.39 is 0 Å². The number of hydrogen-bond acceptors (Lipinski definition) is 4. The fourth-order valence-corrected chi connectivity index (χ4v) is 3.47. The van der Waals surface area contributed by atoms with E-state index in [1.165, 1.54) is 12.8 Å². The van der Waals surface area contributed by atoms with Gasteiger partial charge in [0.1, 0.15) is 0 Å². The average Bonchev–Trinajstić information content (AvgIpc) is 2.85. The average molecular weight is 353 g/mol. The van der Waals surface area contributed by atoms with Crippen molar-refractivity contribution in [1.29, 1.82) is 0 Å². The summed E-state index contributed by atoms with van der Waals surface area (Å²) < 4.78 is 11.3. The van der Waals surface area contributed by atoms with E-state index in [0.717, 1.165) is 31.5 Å². The lowest BCUT2D eigenvalue weighted by atomic mass is 9.93. The lowest BCUT2D eigenvalue weighted by Gasteiger charge is -2.22. The first kappa shape index (κ1) is 17.4. The van der Waals surface area contributed by atoms with Crippen molar-refractivity contribution in [1.82, 2.24) is 10.6 Å². The zero-order chi connectivity index (χ0) is 16.8. The van der Waals surface area contributed by atoms with E-state index in [1.807, 2.05) is 12.1 Å². The third-order valence-corrected chi connectivity index (χ3v) is 4.87. The van der Waals surface area contributed by atoms with Gasteiger partial charge in [0.15, 0.2) is 11.5 Å². The molecule has 0 aromatic heterocycles. The topological polar surface area (TPSA) is 59.6 Å². The number of carbonyl (C=O) groups is 1. The molecule has 0 unspecified atom stereocenters. The zero-order valence-corrected chi connectivity index (χ0v) is 14.7. The Morgan fingerprint density at radius 1 is 1.25 bits per heavy atom. The Balaban J connectivity index is 1.49. The summed E-state index contributed by atoms with van der Waals surface area (Å²) in [5, 5.41) is 6.86. The number of halogens is 1. The molecule has 3 rings (SSSR count). The lowest BCUT2D eigenvalue weighted by Crippen LogP contribution is -2.29. The highest BCUT2D eigenvalue weighted by molar-refractivity contribution is 6.32. The number of carbonyl (C=O) groups excluding carboxylic acids is 1. The minimum Gasteiger partial charge on any atom is -0.489 e. The first-order valence-electron chi connectivity index (χ1n) is 8.78. The van der Waals surface area contributed by atoms with E-state index in [2.05, 4.69) is 10.6 Å². The molecule has 0 spiro atoms. The van der Waals surface area contributed by atoms with Crippen LogP contribution in [-0.4, -0.2) is 32.2 Å². The summed E-state index contributed by atoms with van der Waals surface area (Å²) in [7, 11) is 0. The molecule has 2 heterocycles. The molecule has 1 aromatic rings. The summed E-state index contributed by atoms with van der Waals surface area (Å²) in [6, 6.07) is 3.74. The number of nitrogens with one attached hydrogen (secondary N) is 2. The smallest absolute Gasteiger partial charge is 0.220 e. The monoisotopic (exact) mass is 352 g/mol. The van der Waals surface area contributed by atoms with Crippen LogP contribution in [0.1, 0.15) is 37.7 Å². The molecule has 1 aromatic carbocycles. The molecule has 1 amide bonds. The maximum Gasteiger partial charge on any atom is 0.220 e. The van der Waals surface area contributed by atoms with Crippen molar-refractivity contribution < 1.29 is 14.3 Å². The van der Waals surface area contributed by atoms with E-state index in [1.54, 1.807) is 0 Å². The predicted molar refractivity (Wildman–Crippen MR) is 93.7 cm³/mol. The van der Waals surface area contributed by atoms with Gasteiger partial charge in [-0.25, -0.2) is 0 Å². The van der Waals surface area contributed by atoms with Gasteiger partial charge in [0.25, 0.3) is 0 Å². The third-order valence-electron chi connectivity index (χ3n) is 4.59. The summed E-state index contributed by atoms with van der Waals surface area (Å²) in [4.78, 5) is 12.1. The number of piperidine rings is 1. The minimum atomic E-state index is 0.0942. The summed E-state index contributed by atoms with van der Waals surface area (Å²) >= 11 is 6.27. The molecular formula is C18H25ClN2O3. The van der Waals surface area contributed by atoms with Gasteiger partial charge in [0.05, 0.1) is 18.2 Å². The predicted octanol–water partition coefficient (Wildman–Crippen LogP) is 2.90. The van der Waals surface area contributed by atoms with Crippen LogP contribution in [0.3, 0.4) is 0 Å². The molecule has 5 nitrogen and oxygen atoms in total. The van der Waals surface area contributed by atoms with E-state index in [4.69, 9.17) is 21.1 Å². The summed E-state index contributed by atoms with van der Waals surface area (Å²) in [5.74, 6) is 2.04. The fraction of sp³-hybridized carbons (Fsp3) is 0.611. The molecular weight excluding hydrogens is 328 g/mol. The molecule has 1 saturated heterocycles. The second-order valence-corrected chi connectivity index (χ2v) is 6.87. The Morgan fingerprint density at radius 2 is 2.04 bits per heavy atom. The van der Waals surface area contributed by atoms with Crippen molar-refractivity contribution in [3.63, 3.8) is 0 Å². The molecule has 2 N–H and O–H groups in total. The summed E-state index contributed by atoms with van der Waals surface area (Å²) in [6.45, 7) is 3.83. The van der Waals surface area contributed by atoms with Gasteiger partial charge in [-0.3, -0.25) is 4.79 Å². The quantitative estimate of drug-likeness (QED) is 0.855. The number of hydrogen-bond donors (Lipinski definition) is 2. The molecule has 2 aliphatic rings. The fourth-order valence-electron chi connectivity index (χ4n) is 3.18. The number of benzene rings is 1. The Labute approximate surface area is 148 Å². The van der Waals surface area contributed by atoms with Crippen LogP contribution in [-0.2, 0) is 11.3 Å². The van der Waals surface area contributed by atoms with Crippen molar-refractivity contribution in [3.8, 4) is 11.5 Å². The highest BCUT2D eigenvalue weighted by atomic mass is 35.5. The Morgan fingerprint density at radius 3 is 2.88 bits per heavy atom. The highest BCUT2D eigenvalue weighted by Gasteiger charge is 2.17. The van der Waals surface area contributed by atoms with Gasteiger partial charge >= 0.3 is 0 Å². The van der Waals surface area contributed by atoms with E-state index >= 15 is 0 Å². The van der Waals surface area contributed by atoms with Crippen molar-refractivity contribution >= 4 is 17.5 Å². The maximum atomic E-state index is 12.1. The molecule has 24 heavy (non-hydrogen) atoms. The maximum absolute atomic E-state index is 12.1. The van der Waals surface area contributed by atoms with E-state index in [-0.39, 0.29) is 5.91 Å². The van der Waals surface area contributed by atoms with Gasteiger partial charge in [0, 0.05) is 19.4 Å². The summed E-state index contributed by atoms with van der Waals surface area (Å²) in [6.07, 6.45) is 4.74. The van der Waals surface area contributed by atoms with Crippen molar-refractivity contribution in [2.24, 2.45) is 5.92 Å². The summed E-state index contributed by atoms with van der Waals surface area (Å²) in [5.41, 5.74) is 0.930. The Hall–Kier alpha value is -1.46. The lowest BCUT2D eigenvalue weighted by molar-refractivity contribution is -0.121. The van der Waals surface area contributed by atoms with Gasteiger partial charge < -0.3 is 20.1 Å². The Bertz CT molecular complexity index is 574. The van der Waals surface area contributed by atoms with Gasteiger partial charge in [0.2, 0.25) is 5.91 Å². The number of fused-ring (bicyclic) bond motifs is 1. The van der Waals surface area contributed by atoms with E-state index in [0.29, 0.717) is 48.6 Å². The molecule has 0 atom stereocenters. The minimum absolute atomic E-state index is 0.0942. The van der Waals surface area contributed by atoms with Gasteiger partial charge in [-0.2, -0.15) is 0 Å². The Kier molecular flexibility index (Phi) is 6.21. The van der Waals surface area contributed by atoms with Crippen molar-refractivity contribution in [2.45, 2.75) is 38.6 Å². The molecule has 1 fully saturated rings. The third kappa shape index (κ3) is 4.77. The van der Waals surface area contributed by atoms with Crippen LogP contribution < -0.4 is 20.1 Å². The van der Waals surface area contributed by atoms with Crippen LogP contribution in [0, 0.1) is 5.92 Å². The highest BCUT2D eigenvalue weighted by Crippen LogP contribution is 2.37. The van der Waals surface area contributed by atoms with Crippen LogP contribution in [0.25, 0.3) is 0 Å². The normalized spacial score (nSPS) is 18.0. The van der Waals surface area contributed by atoms with Gasteiger partial charge in [-0.05, 0) is 56.0 Å². The van der Waals surface area contributed by atoms with Crippen LogP contribution in [0.2, 0.25) is 5.02 Å². The first-order valence-corrected chi connectivity index (χ1v) is 9.15. The molecule has 132 valence electrons. The molecule has 0 saturated carbocycles. The second-order valence-electron chi connectivity index (χ2n) is 6.46. The van der Waals surface area contributed by atoms with E-state index in [9.17, 15) is 4.79 Å². The van der Waals surface area contributed by atoms with Crippen LogP contribution in [0.5, 0.6) is 11.5 Å². The number of rotatable bonds is 5. The van der Waals surface area contributed by atoms with Crippen LogP contribution in [0.4, 0.5) is 0 Å². The first-order chi connectivity index (χ1) is 11.7.